The molecule has 0 aliphatic rings. The van der Waals surface area contributed by atoms with Crippen molar-refractivity contribution in [3.05, 3.63) is 12.2 Å². The van der Waals surface area contributed by atoms with Crippen LogP contribution in [-0.4, -0.2) is 36.4 Å². The molecular weight excluding hydrogens is 224 g/mol. The molecule has 98 valence electrons. The van der Waals surface area contributed by atoms with Crippen molar-refractivity contribution in [2.24, 2.45) is 5.41 Å². The maximum absolute atomic E-state index is 10.9. The van der Waals surface area contributed by atoms with Crippen LogP contribution in [0.3, 0.4) is 0 Å². The maximum Gasteiger partial charge on any atom is 0.302 e. The van der Waals surface area contributed by atoms with Gasteiger partial charge in [-0.25, -0.2) is 0 Å². The van der Waals surface area contributed by atoms with Gasteiger partial charge in [0.25, 0.3) is 0 Å². The molecule has 5 nitrogen and oxygen atoms in total. The topological polar surface area (TPSA) is 72.8 Å². The van der Waals surface area contributed by atoms with Crippen molar-refractivity contribution in [2.75, 3.05) is 13.2 Å². The zero-order valence-corrected chi connectivity index (χ0v) is 10.7. The Hall–Kier alpha value is -1.36. The van der Waals surface area contributed by atoms with Crippen LogP contribution >= 0.6 is 0 Å². The van der Waals surface area contributed by atoms with E-state index in [0.717, 1.165) is 0 Å². The molecule has 0 aromatic heterocycles. The standard InChI is InChI=1S/C12H20O5/c1-9(17-11(3)15)12(4,6-5-7-13)8-16-10(2)14/h5-6,9,13H,7-8H2,1-4H3/b6-5+/t9-,12-/m1/s1. The second-order valence-corrected chi connectivity index (χ2v) is 4.12. The summed E-state index contributed by atoms with van der Waals surface area (Å²) >= 11 is 0. The summed E-state index contributed by atoms with van der Waals surface area (Å²) in [7, 11) is 0. The van der Waals surface area contributed by atoms with Gasteiger partial charge in [-0.3, -0.25) is 9.59 Å². The first-order chi connectivity index (χ1) is 7.81. The molecule has 0 radical (unpaired) electrons. The Kier molecular flexibility index (Phi) is 6.50. The van der Waals surface area contributed by atoms with Gasteiger partial charge in [0, 0.05) is 13.8 Å². The lowest BCUT2D eigenvalue weighted by Gasteiger charge is -2.31. The number of rotatable bonds is 6. The van der Waals surface area contributed by atoms with Crippen LogP contribution in [-0.2, 0) is 19.1 Å². The molecule has 0 aromatic rings. The fourth-order valence-electron chi connectivity index (χ4n) is 1.26. The van der Waals surface area contributed by atoms with Crippen LogP contribution in [0.15, 0.2) is 12.2 Å². The molecule has 0 heterocycles. The van der Waals surface area contributed by atoms with E-state index in [0.29, 0.717) is 0 Å². The fourth-order valence-corrected chi connectivity index (χ4v) is 1.26. The minimum absolute atomic E-state index is 0.0906. The van der Waals surface area contributed by atoms with E-state index >= 15 is 0 Å². The van der Waals surface area contributed by atoms with Crippen molar-refractivity contribution >= 4 is 11.9 Å². The highest BCUT2D eigenvalue weighted by molar-refractivity contribution is 5.66. The first kappa shape index (κ1) is 15.6. The molecule has 0 amide bonds. The van der Waals surface area contributed by atoms with Crippen LogP contribution in [0.5, 0.6) is 0 Å². The van der Waals surface area contributed by atoms with Crippen LogP contribution in [0.4, 0.5) is 0 Å². The Morgan fingerprint density at radius 3 is 2.35 bits per heavy atom. The zero-order chi connectivity index (χ0) is 13.5. The summed E-state index contributed by atoms with van der Waals surface area (Å²) in [5, 5.41) is 8.77. The van der Waals surface area contributed by atoms with Crippen molar-refractivity contribution in [2.45, 2.75) is 33.8 Å². The van der Waals surface area contributed by atoms with Gasteiger partial charge in [-0.2, -0.15) is 0 Å². The van der Waals surface area contributed by atoms with Gasteiger partial charge < -0.3 is 14.6 Å². The van der Waals surface area contributed by atoms with Crippen LogP contribution in [0, 0.1) is 5.41 Å². The molecule has 0 spiro atoms. The van der Waals surface area contributed by atoms with E-state index in [2.05, 4.69) is 0 Å². The van der Waals surface area contributed by atoms with E-state index in [-0.39, 0.29) is 13.2 Å². The number of carbonyl (C=O) groups is 2. The molecule has 0 saturated carbocycles. The molecule has 0 rings (SSSR count). The Morgan fingerprint density at radius 1 is 1.35 bits per heavy atom. The maximum atomic E-state index is 10.9. The number of ether oxygens (including phenoxy) is 2. The number of aliphatic hydroxyl groups is 1. The summed E-state index contributed by atoms with van der Waals surface area (Å²) in [6.45, 7) is 6.10. The molecule has 0 aliphatic carbocycles. The van der Waals surface area contributed by atoms with Crippen LogP contribution in [0.1, 0.15) is 27.7 Å². The quantitative estimate of drug-likeness (QED) is 0.558. The Balaban J connectivity index is 4.74. The third-order valence-corrected chi connectivity index (χ3v) is 2.46. The van der Waals surface area contributed by atoms with E-state index < -0.39 is 23.5 Å². The third-order valence-electron chi connectivity index (χ3n) is 2.46. The van der Waals surface area contributed by atoms with Gasteiger partial charge in [0.1, 0.15) is 12.7 Å². The summed E-state index contributed by atoms with van der Waals surface area (Å²) in [6, 6.07) is 0. The highest BCUT2D eigenvalue weighted by Crippen LogP contribution is 2.26. The molecule has 2 atom stereocenters. The van der Waals surface area contributed by atoms with Crippen LogP contribution in [0.2, 0.25) is 0 Å². The summed E-state index contributed by atoms with van der Waals surface area (Å²) < 4.78 is 10.0. The lowest BCUT2D eigenvalue weighted by molar-refractivity contribution is -0.155. The normalized spacial score (nSPS) is 16.3. The average Bonchev–Trinajstić information content (AvgIpc) is 2.22. The number of hydrogen-bond acceptors (Lipinski definition) is 5. The van der Waals surface area contributed by atoms with Crippen molar-refractivity contribution in [1.82, 2.24) is 0 Å². The molecule has 17 heavy (non-hydrogen) atoms. The van der Waals surface area contributed by atoms with Gasteiger partial charge >= 0.3 is 11.9 Å². The lowest BCUT2D eigenvalue weighted by atomic mass is 9.85. The summed E-state index contributed by atoms with van der Waals surface area (Å²) in [5.41, 5.74) is -0.653. The smallest absolute Gasteiger partial charge is 0.302 e. The van der Waals surface area contributed by atoms with E-state index in [1.807, 2.05) is 0 Å². The molecule has 0 fully saturated rings. The predicted molar refractivity (Wildman–Crippen MR) is 62.2 cm³/mol. The number of carbonyl (C=O) groups excluding carboxylic acids is 2. The van der Waals surface area contributed by atoms with Crippen LogP contribution in [0.25, 0.3) is 0 Å². The van der Waals surface area contributed by atoms with Gasteiger partial charge in [0.15, 0.2) is 0 Å². The van der Waals surface area contributed by atoms with Gasteiger partial charge in [0.05, 0.1) is 12.0 Å². The Morgan fingerprint density at radius 2 is 1.94 bits per heavy atom. The van der Waals surface area contributed by atoms with Gasteiger partial charge in [-0.1, -0.05) is 12.2 Å². The number of aliphatic hydroxyl groups excluding tert-OH is 1. The van der Waals surface area contributed by atoms with Crippen molar-refractivity contribution in [1.29, 1.82) is 0 Å². The summed E-state index contributed by atoms with van der Waals surface area (Å²) in [6.07, 6.45) is 2.76. The second-order valence-electron chi connectivity index (χ2n) is 4.12. The van der Waals surface area contributed by atoms with Crippen molar-refractivity contribution in [3.63, 3.8) is 0 Å². The Bertz CT molecular complexity index is 297. The second kappa shape index (κ2) is 7.06. The molecule has 0 saturated heterocycles. The molecule has 5 heteroatoms. The highest BCUT2D eigenvalue weighted by atomic mass is 16.6. The third kappa shape index (κ3) is 6.06. The fraction of sp³-hybridized carbons (Fsp3) is 0.667. The Labute approximate surface area is 101 Å². The number of hydrogen-bond donors (Lipinski definition) is 1. The van der Waals surface area contributed by atoms with Crippen molar-refractivity contribution in [3.8, 4) is 0 Å². The monoisotopic (exact) mass is 244 g/mol. The average molecular weight is 244 g/mol. The predicted octanol–water partition coefficient (Wildman–Crippen LogP) is 1.06. The minimum atomic E-state index is -0.653. The zero-order valence-electron chi connectivity index (χ0n) is 10.7. The minimum Gasteiger partial charge on any atom is -0.465 e. The largest absolute Gasteiger partial charge is 0.465 e. The molecule has 1 N–H and O–H groups in total. The molecular formula is C12H20O5. The van der Waals surface area contributed by atoms with Gasteiger partial charge in [0.2, 0.25) is 0 Å². The van der Waals surface area contributed by atoms with Gasteiger partial charge in [-0.15, -0.1) is 0 Å². The lowest BCUT2D eigenvalue weighted by Crippen LogP contribution is -2.36. The van der Waals surface area contributed by atoms with E-state index in [1.54, 1.807) is 19.9 Å². The number of esters is 2. The van der Waals surface area contributed by atoms with E-state index in [1.165, 1.54) is 19.9 Å². The first-order valence-electron chi connectivity index (χ1n) is 5.41. The summed E-state index contributed by atoms with van der Waals surface area (Å²) in [4.78, 5) is 21.7. The van der Waals surface area contributed by atoms with E-state index in [9.17, 15) is 9.59 Å². The molecule has 0 aromatic carbocycles. The molecule has 0 aliphatic heterocycles. The van der Waals surface area contributed by atoms with Crippen LogP contribution < -0.4 is 0 Å². The molecule has 0 bridgehead atoms. The highest BCUT2D eigenvalue weighted by Gasteiger charge is 2.32. The molecule has 0 unspecified atom stereocenters. The van der Waals surface area contributed by atoms with Crippen molar-refractivity contribution < 1.29 is 24.2 Å². The first-order valence-corrected chi connectivity index (χ1v) is 5.41. The summed E-state index contributed by atoms with van der Waals surface area (Å²) in [5.74, 6) is -0.799. The van der Waals surface area contributed by atoms with Gasteiger partial charge in [-0.05, 0) is 13.8 Å². The van der Waals surface area contributed by atoms with E-state index in [4.69, 9.17) is 14.6 Å². The SMILES string of the molecule is CC(=O)OC[C@@](C)(/C=C/CO)[C@@H](C)OC(C)=O.